The fourth-order valence-corrected chi connectivity index (χ4v) is 3.09. The fourth-order valence-electron chi connectivity index (χ4n) is 2.60. The van der Waals surface area contributed by atoms with Crippen LogP contribution in [0.15, 0.2) is 36.4 Å². The number of aryl methyl sites for hydroxylation is 2. The minimum atomic E-state index is -0.717. The maximum absolute atomic E-state index is 12.6. The molecule has 0 fully saturated rings. The van der Waals surface area contributed by atoms with E-state index in [2.05, 4.69) is 0 Å². The largest absolute Gasteiger partial charge is 0.452 e. The summed E-state index contributed by atoms with van der Waals surface area (Å²) in [6, 6.07) is 12.1. The quantitative estimate of drug-likeness (QED) is 0.653. The number of ether oxygens (including phenoxy) is 1. The molecule has 0 unspecified atom stereocenters. The summed E-state index contributed by atoms with van der Waals surface area (Å²) in [6.07, 6.45) is 0.162. The highest BCUT2D eigenvalue weighted by Crippen LogP contribution is 2.22. The molecule has 0 aliphatic rings. The first-order valence-corrected chi connectivity index (χ1v) is 8.95. The van der Waals surface area contributed by atoms with Crippen LogP contribution in [0.5, 0.6) is 0 Å². The molecule has 0 radical (unpaired) electrons. The van der Waals surface area contributed by atoms with Gasteiger partial charge in [0.15, 0.2) is 6.61 Å². The van der Waals surface area contributed by atoms with E-state index in [1.807, 2.05) is 38.1 Å². The van der Waals surface area contributed by atoms with Crippen LogP contribution >= 0.6 is 23.2 Å². The predicted octanol–water partition coefficient (Wildman–Crippen LogP) is 4.71. The lowest BCUT2D eigenvalue weighted by atomic mass is 10.1. The Morgan fingerprint density at radius 1 is 1.11 bits per heavy atom. The van der Waals surface area contributed by atoms with Gasteiger partial charge in [0.05, 0.1) is 23.1 Å². The summed E-state index contributed by atoms with van der Waals surface area (Å²) in [5.74, 6) is -1.14. The van der Waals surface area contributed by atoms with Crippen LogP contribution < -0.4 is 4.90 Å². The zero-order valence-electron chi connectivity index (χ0n) is 15.0. The minimum Gasteiger partial charge on any atom is -0.452 e. The van der Waals surface area contributed by atoms with Crippen molar-refractivity contribution < 1.29 is 14.3 Å². The molecule has 0 spiro atoms. The average Bonchev–Trinajstić information content (AvgIpc) is 2.59. The summed E-state index contributed by atoms with van der Waals surface area (Å²) in [7, 11) is 0. The van der Waals surface area contributed by atoms with Gasteiger partial charge in [0.1, 0.15) is 0 Å². The summed E-state index contributed by atoms with van der Waals surface area (Å²) >= 11 is 11.8. The lowest BCUT2D eigenvalue weighted by molar-refractivity contribution is -0.121. The van der Waals surface area contributed by atoms with E-state index >= 15 is 0 Å². The molecule has 2 aromatic rings. The smallest absolute Gasteiger partial charge is 0.340 e. The number of hydrogen-bond acceptors (Lipinski definition) is 4. The molecule has 27 heavy (non-hydrogen) atoms. The molecule has 0 aromatic heterocycles. The molecule has 0 heterocycles. The maximum Gasteiger partial charge on any atom is 0.340 e. The van der Waals surface area contributed by atoms with Crippen LogP contribution in [0.2, 0.25) is 10.0 Å². The fraction of sp³-hybridized carbons (Fsp3) is 0.250. The highest BCUT2D eigenvalue weighted by Gasteiger charge is 2.20. The van der Waals surface area contributed by atoms with E-state index in [1.54, 1.807) is 0 Å². The Morgan fingerprint density at radius 2 is 1.78 bits per heavy atom. The second-order valence-electron chi connectivity index (χ2n) is 6.00. The molecule has 0 aliphatic heterocycles. The van der Waals surface area contributed by atoms with Crippen molar-refractivity contribution in [1.29, 1.82) is 5.26 Å². The average molecular weight is 405 g/mol. The summed E-state index contributed by atoms with van der Waals surface area (Å²) in [5, 5.41) is 9.42. The zero-order valence-corrected chi connectivity index (χ0v) is 16.5. The first-order chi connectivity index (χ1) is 12.8. The lowest BCUT2D eigenvalue weighted by Crippen LogP contribution is -2.35. The van der Waals surface area contributed by atoms with Crippen LogP contribution in [0, 0.1) is 25.2 Å². The Kier molecular flexibility index (Phi) is 7.23. The van der Waals surface area contributed by atoms with Crippen molar-refractivity contribution in [2.45, 2.75) is 20.3 Å². The van der Waals surface area contributed by atoms with Crippen molar-refractivity contribution in [1.82, 2.24) is 0 Å². The Labute approximate surface area is 168 Å². The second kappa shape index (κ2) is 9.40. The van der Waals surface area contributed by atoms with Crippen LogP contribution in [-0.2, 0) is 9.53 Å². The molecule has 7 heteroatoms. The number of anilines is 1. The number of nitrogens with zero attached hydrogens (tertiary/aromatic N) is 2. The maximum atomic E-state index is 12.6. The van der Waals surface area contributed by atoms with Crippen LogP contribution in [0.3, 0.4) is 0 Å². The number of halogens is 2. The molecule has 0 bridgehead atoms. The van der Waals surface area contributed by atoms with Gasteiger partial charge in [0, 0.05) is 17.3 Å². The van der Waals surface area contributed by atoms with Crippen molar-refractivity contribution in [2.75, 3.05) is 18.1 Å². The number of carbonyl (C=O) groups excluding carboxylic acids is 2. The van der Waals surface area contributed by atoms with Gasteiger partial charge in [-0.25, -0.2) is 4.79 Å². The number of benzene rings is 2. The molecule has 0 saturated carbocycles. The molecule has 2 rings (SSSR count). The van der Waals surface area contributed by atoms with Crippen molar-refractivity contribution in [3.8, 4) is 6.07 Å². The highest BCUT2D eigenvalue weighted by atomic mass is 35.5. The number of nitriles is 1. The highest BCUT2D eigenvalue weighted by molar-refractivity contribution is 6.36. The van der Waals surface area contributed by atoms with Crippen molar-refractivity contribution in [3.05, 3.63) is 63.1 Å². The van der Waals surface area contributed by atoms with E-state index in [4.69, 9.17) is 33.2 Å². The SMILES string of the molecule is Cc1cc(C)cc(N(CCC#N)C(=O)COC(=O)c2ccc(Cl)cc2Cl)c1. The molecule has 0 N–H and O–H groups in total. The van der Waals surface area contributed by atoms with Gasteiger partial charge in [-0.05, 0) is 55.3 Å². The Hall–Kier alpha value is -2.55. The lowest BCUT2D eigenvalue weighted by Gasteiger charge is -2.22. The van der Waals surface area contributed by atoms with Gasteiger partial charge in [0.2, 0.25) is 0 Å². The predicted molar refractivity (Wildman–Crippen MR) is 105 cm³/mol. The van der Waals surface area contributed by atoms with Gasteiger partial charge >= 0.3 is 5.97 Å². The van der Waals surface area contributed by atoms with Crippen molar-refractivity contribution >= 4 is 40.8 Å². The molecular formula is C20H18Cl2N2O3. The Balaban J connectivity index is 2.13. The zero-order chi connectivity index (χ0) is 20.0. The van der Waals surface area contributed by atoms with E-state index in [0.717, 1.165) is 11.1 Å². The number of carbonyl (C=O) groups is 2. The summed E-state index contributed by atoms with van der Waals surface area (Å²) in [4.78, 5) is 26.3. The number of rotatable bonds is 6. The van der Waals surface area contributed by atoms with Gasteiger partial charge in [-0.1, -0.05) is 29.3 Å². The van der Waals surface area contributed by atoms with Gasteiger partial charge in [-0.2, -0.15) is 5.26 Å². The molecule has 0 aliphatic carbocycles. The van der Waals surface area contributed by atoms with E-state index in [9.17, 15) is 9.59 Å². The molecule has 5 nitrogen and oxygen atoms in total. The third-order valence-corrected chi connectivity index (χ3v) is 4.29. The second-order valence-corrected chi connectivity index (χ2v) is 6.84. The molecular weight excluding hydrogens is 387 g/mol. The van der Waals surface area contributed by atoms with Crippen LogP contribution in [0.1, 0.15) is 27.9 Å². The van der Waals surface area contributed by atoms with Crippen LogP contribution in [0.4, 0.5) is 5.69 Å². The van der Waals surface area contributed by atoms with Crippen molar-refractivity contribution in [2.24, 2.45) is 0 Å². The Bertz CT molecular complexity index is 886. The molecule has 2 aromatic carbocycles. The minimum absolute atomic E-state index is 0.129. The van der Waals surface area contributed by atoms with Gasteiger partial charge in [-0.15, -0.1) is 0 Å². The van der Waals surface area contributed by atoms with Gasteiger partial charge in [-0.3, -0.25) is 4.79 Å². The Morgan fingerprint density at radius 3 is 2.37 bits per heavy atom. The monoisotopic (exact) mass is 404 g/mol. The van der Waals surface area contributed by atoms with E-state index in [1.165, 1.54) is 23.1 Å². The first kappa shape index (κ1) is 20.8. The third-order valence-electron chi connectivity index (χ3n) is 3.74. The molecule has 0 saturated heterocycles. The van der Waals surface area contributed by atoms with Crippen LogP contribution in [0.25, 0.3) is 0 Å². The summed E-state index contributed by atoms with van der Waals surface area (Å²) in [5.41, 5.74) is 2.77. The van der Waals surface area contributed by atoms with E-state index < -0.39 is 18.5 Å². The standard InChI is InChI=1S/C20H18Cl2N2O3/c1-13-8-14(2)10-16(9-13)24(7-3-6-23)19(25)12-27-20(26)17-5-4-15(21)11-18(17)22/h4-5,8-11H,3,7,12H2,1-2H3. The first-order valence-electron chi connectivity index (χ1n) is 8.19. The van der Waals surface area contributed by atoms with Gasteiger partial charge in [0.25, 0.3) is 5.91 Å². The molecule has 0 atom stereocenters. The normalized spacial score (nSPS) is 10.2. The van der Waals surface area contributed by atoms with Crippen LogP contribution in [-0.4, -0.2) is 25.0 Å². The topological polar surface area (TPSA) is 70.4 Å². The third kappa shape index (κ3) is 5.72. The van der Waals surface area contributed by atoms with Crippen molar-refractivity contribution in [3.63, 3.8) is 0 Å². The number of esters is 1. The molecule has 1 amide bonds. The van der Waals surface area contributed by atoms with Gasteiger partial charge < -0.3 is 9.64 Å². The number of amides is 1. The molecule has 140 valence electrons. The summed E-state index contributed by atoms with van der Waals surface area (Å²) in [6.45, 7) is 3.59. The summed E-state index contributed by atoms with van der Waals surface area (Å²) < 4.78 is 5.11. The number of hydrogen-bond donors (Lipinski definition) is 0. The van der Waals surface area contributed by atoms with E-state index in [0.29, 0.717) is 10.7 Å². The van der Waals surface area contributed by atoms with E-state index in [-0.39, 0.29) is 23.6 Å².